The van der Waals surface area contributed by atoms with Gasteiger partial charge in [0.1, 0.15) is 0 Å². The van der Waals surface area contributed by atoms with Crippen molar-refractivity contribution in [3.8, 4) is 22.4 Å². The predicted molar refractivity (Wildman–Crippen MR) is 109 cm³/mol. The van der Waals surface area contributed by atoms with Crippen molar-refractivity contribution in [2.75, 3.05) is 7.05 Å². The van der Waals surface area contributed by atoms with E-state index in [1.165, 1.54) is 13.1 Å². The van der Waals surface area contributed by atoms with E-state index in [4.69, 9.17) is 5.14 Å². The van der Waals surface area contributed by atoms with Crippen LogP contribution in [0.2, 0.25) is 0 Å². The van der Waals surface area contributed by atoms with E-state index in [0.29, 0.717) is 28.3 Å². The van der Waals surface area contributed by atoms with Gasteiger partial charge in [0.05, 0.1) is 10.6 Å². The third kappa shape index (κ3) is 4.86. The molecule has 0 spiro atoms. The largest absolute Gasteiger partial charge is 0.286 e. The number of aryl methyl sites for hydroxylation is 1. The number of amides is 1. The molecule has 0 atom stereocenters. The van der Waals surface area contributed by atoms with E-state index in [9.17, 15) is 18.4 Å². The Morgan fingerprint density at radius 2 is 1.72 bits per heavy atom. The summed E-state index contributed by atoms with van der Waals surface area (Å²) >= 11 is 0. The molecule has 2 aromatic carbocycles. The molecule has 0 aliphatic heterocycles. The number of benzene rings is 2. The second-order valence-electron chi connectivity index (χ2n) is 6.56. The molecule has 1 amide bonds. The van der Waals surface area contributed by atoms with Crippen LogP contribution in [0.15, 0.2) is 71.8 Å². The second-order valence-corrected chi connectivity index (χ2v) is 8.09. The van der Waals surface area contributed by atoms with Crippen LogP contribution in [0.5, 0.6) is 0 Å². The molecule has 0 saturated carbocycles. The van der Waals surface area contributed by atoms with Crippen LogP contribution in [0, 0.1) is 0 Å². The quantitative estimate of drug-likeness (QED) is 0.478. The van der Waals surface area contributed by atoms with Gasteiger partial charge in [-0.15, -0.1) is 0 Å². The maximum absolute atomic E-state index is 12.1. The normalized spacial score (nSPS) is 11.3. The van der Waals surface area contributed by atoms with Gasteiger partial charge in [0.2, 0.25) is 15.9 Å². The Kier molecular flexibility index (Phi) is 6.07. The first-order valence-corrected chi connectivity index (χ1v) is 10.4. The highest BCUT2D eigenvalue weighted by Crippen LogP contribution is 2.34. The Labute approximate surface area is 169 Å². The molecule has 29 heavy (non-hydrogen) atoms. The highest BCUT2D eigenvalue weighted by atomic mass is 32.2. The number of primary sulfonamides is 1. The van der Waals surface area contributed by atoms with Crippen LogP contribution >= 0.6 is 0 Å². The molecule has 3 rings (SSSR count). The first kappa shape index (κ1) is 20.7. The fourth-order valence-corrected chi connectivity index (χ4v) is 3.78. The molecule has 0 aliphatic rings. The monoisotopic (exact) mass is 411 g/mol. The number of carbonyl (C=O) groups excluding carboxylic acids is 1. The lowest BCUT2D eigenvalue weighted by atomic mass is 9.96. The lowest BCUT2D eigenvalue weighted by molar-refractivity contribution is -0.159. The smallest absolute Gasteiger partial charge is 0.245 e. The molecular formula is C21H21N3O4S. The Bertz CT molecular complexity index is 1130. The summed E-state index contributed by atoms with van der Waals surface area (Å²) in [6.07, 6.45) is 2.09. The summed E-state index contributed by atoms with van der Waals surface area (Å²) in [5.74, 6) is -0.427. The molecule has 3 aromatic rings. The molecule has 0 saturated heterocycles. The van der Waals surface area contributed by atoms with Gasteiger partial charge in [0.25, 0.3) is 0 Å². The first-order chi connectivity index (χ1) is 13.8. The molecule has 7 nitrogen and oxygen atoms in total. The van der Waals surface area contributed by atoms with Crippen LogP contribution in [0.25, 0.3) is 22.4 Å². The van der Waals surface area contributed by atoms with Gasteiger partial charge in [-0.2, -0.15) is 0 Å². The summed E-state index contributed by atoms with van der Waals surface area (Å²) in [6.45, 7) is 0. The van der Waals surface area contributed by atoms with Crippen molar-refractivity contribution in [1.82, 2.24) is 10.0 Å². The van der Waals surface area contributed by atoms with E-state index >= 15 is 0 Å². The summed E-state index contributed by atoms with van der Waals surface area (Å²) in [4.78, 5) is 16.3. The Hall–Kier alpha value is -3.07. The van der Waals surface area contributed by atoms with Gasteiger partial charge in [0.15, 0.2) is 0 Å². The molecule has 1 aromatic heterocycles. The maximum atomic E-state index is 12.1. The highest BCUT2D eigenvalue weighted by Gasteiger charge is 2.19. The van der Waals surface area contributed by atoms with Crippen molar-refractivity contribution in [2.24, 2.45) is 5.14 Å². The first-order valence-electron chi connectivity index (χ1n) is 8.89. The standard InChI is InChI=1S/C21H21N3O4S/c1-24(26)20(25)12-11-15-13-18(17-9-5-6-10-19(17)29(22,27)28)21(23-14-15)16-7-3-2-4-8-16/h2-10,13-14,26H,11-12H2,1H3,(H2,22,27,28). The number of sulfonamides is 1. The number of hydroxylamine groups is 2. The maximum Gasteiger partial charge on any atom is 0.245 e. The zero-order valence-electron chi connectivity index (χ0n) is 15.8. The fraction of sp³-hybridized carbons (Fsp3) is 0.143. The number of nitrogens with two attached hydrogens (primary N) is 1. The molecule has 8 heteroatoms. The van der Waals surface area contributed by atoms with Crippen molar-refractivity contribution >= 4 is 15.9 Å². The van der Waals surface area contributed by atoms with Gasteiger partial charge in [-0.05, 0) is 24.1 Å². The van der Waals surface area contributed by atoms with Crippen LogP contribution in [0.4, 0.5) is 0 Å². The summed E-state index contributed by atoms with van der Waals surface area (Å²) in [6, 6.07) is 17.7. The van der Waals surface area contributed by atoms with E-state index < -0.39 is 15.9 Å². The molecule has 0 radical (unpaired) electrons. The lowest BCUT2D eigenvalue weighted by Gasteiger charge is -2.14. The molecule has 150 valence electrons. The summed E-state index contributed by atoms with van der Waals surface area (Å²) in [5.41, 5.74) is 3.21. The highest BCUT2D eigenvalue weighted by molar-refractivity contribution is 7.89. The molecule has 0 fully saturated rings. The Morgan fingerprint density at radius 1 is 1.07 bits per heavy atom. The van der Waals surface area contributed by atoms with Gasteiger partial charge >= 0.3 is 0 Å². The number of aromatic nitrogens is 1. The molecule has 0 aliphatic carbocycles. The van der Waals surface area contributed by atoms with Gasteiger partial charge in [-0.3, -0.25) is 15.0 Å². The summed E-state index contributed by atoms with van der Waals surface area (Å²) < 4.78 is 24.3. The molecular weight excluding hydrogens is 390 g/mol. The summed E-state index contributed by atoms with van der Waals surface area (Å²) in [7, 11) is -2.68. The van der Waals surface area contributed by atoms with E-state index in [1.807, 2.05) is 36.4 Å². The molecule has 0 unspecified atom stereocenters. The predicted octanol–water partition coefficient (Wildman–Crippen LogP) is 2.84. The van der Waals surface area contributed by atoms with Crippen LogP contribution in [-0.2, 0) is 21.2 Å². The number of hydrogen-bond acceptors (Lipinski definition) is 5. The van der Waals surface area contributed by atoms with Gasteiger partial charge in [-0.25, -0.2) is 18.6 Å². The van der Waals surface area contributed by atoms with Crippen LogP contribution in [-0.4, -0.2) is 36.6 Å². The topological polar surface area (TPSA) is 114 Å². The molecule has 3 N–H and O–H groups in total. The third-order valence-corrected chi connectivity index (χ3v) is 5.43. The van der Waals surface area contributed by atoms with Gasteiger partial charge in [-0.1, -0.05) is 48.5 Å². The van der Waals surface area contributed by atoms with Gasteiger partial charge < -0.3 is 0 Å². The van der Waals surface area contributed by atoms with Crippen LogP contribution in [0.1, 0.15) is 12.0 Å². The van der Waals surface area contributed by atoms with E-state index in [1.54, 1.807) is 24.4 Å². The molecule has 0 bridgehead atoms. The minimum Gasteiger partial charge on any atom is -0.286 e. The average Bonchev–Trinajstić information content (AvgIpc) is 2.71. The third-order valence-electron chi connectivity index (χ3n) is 4.46. The minimum atomic E-state index is -3.95. The van der Waals surface area contributed by atoms with Crippen molar-refractivity contribution in [3.05, 3.63) is 72.4 Å². The van der Waals surface area contributed by atoms with Crippen molar-refractivity contribution in [1.29, 1.82) is 0 Å². The zero-order chi connectivity index (χ0) is 21.0. The second kappa shape index (κ2) is 8.52. The number of pyridine rings is 1. The van der Waals surface area contributed by atoms with Crippen LogP contribution in [0.3, 0.4) is 0 Å². The molecule has 1 heterocycles. The number of rotatable bonds is 6. The summed E-state index contributed by atoms with van der Waals surface area (Å²) in [5, 5.41) is 15.2. The fourth-order valence-electron chi connectivity index (χ4n) is 3.03. The Balaban J connectivity index is 2.15. The minimum absolute atomic E-state index is 0.00213. The lowest BCUT2D eigenvalue weighted by Crippen LogP contribution is -2.22. The van der Waals surface area contributed by atoms with Crippen molar-refractivity contribution < 1.29 is 18.4 Å². The number of hydrogen-bond donors (Lipinski definition) is 2. The Morgan fingerprint density at radius 3 is 2.38 bits per heavy atom. The van der Waals surface area contributed by atoms with E-state index in [-0.39, 0.29) is 11.3 Å². The SMILES string of the molecule is CN(O)C(=O)CCc1cnc(-c2ccccc2)c(-c2ccccc2S(N)(=O)=O)c1. The van der Waals surface area contributed by atoms with Crippen molar-refractivity contribution in [2.45, 2.75) is 17.7 Å². The number of nitrogens with zero attached hydrogens (tertiary/aromatic N) is 2. The zero-order valence-corrected chi connectivity index (χ0v) is 16.6. The van der Waals surface area contributed by atoms with Crippen molar-refractivity contribution in [3.63, 3.8) is 0 Å². The van der Waals surface area contributed by atoms with E-state index in [2.05, 4.69) is 4.98 Å². The average molecular weight is 411 g/mol. The van der Waals surface area contributed by atoms with E-state index in [0.717, 1.165) is 11.1 Å². The number of carbonyl (C=O) groups is 1. The van der Waals surface area contributed by atoms with Gasteiger partial charge in [0, 0.05) is 36.4 Å². The van der Waals surface area contributed by atoms with Crippen LogP contribution < -0.4 is 5.14 Å².